The van der Waals surface area contributed by atoms with Gasteiger partial charge >= 0.3 is 0 Å². The third-order valence-electron chi connectivity index (χ3n) is 4.98. The first kappa shape index (κ1) is 18.3. The van der Waals surface area contributed by atoms with Gasteiger partial charge in [-0.15, -0.1) is 0 Å². The highest BCUT2D eigenvalue weighted by atomic mass is 16.2. The maximum absolute atomic E-state index is 12.6. The van der Waals surface area contributed by atoms with E-state index in [4.69, 9.17) is 0 Å². The molecule has 3 amide bonds. The van der Waals surface area contributed by atoms with Crippen molar-refractivity contribution in [3.05, 3.63) is 23.8 Å². The summed E-state index contributed by atoms with van der Waals surface area (Å²) in [6.45, 7) is 5.91. The number of hydrogen-bond donors (Lipinski definition) is 0. The molecule has 0 N–H and O–H groups in total. The van der Waals surface area contributed by atoms with Crippen molar-refractivity contribution in [3.8, 4) is 0 Å². The Balaban J connectivity index is 1.54. The van der Waals surface area contributed by atoms with Gasteiger partial charge in [-0.2, -0.15) is 0 Å². The number of aromatic nitrogens is 2. The predicted octanol–water partition coefficient (Wildman–Crippen LogP) is 0.357. The Morgan fingerprint density at radius 3 is 2.50 bits per heavy atom. The minimum Gasteiger partial charge on any atom is -0.343 e. The molecule has 2 saturated heterocycles. The van der Waals surface area contributed by atoms with E-state index in [1.807, 2.05) is 11.8 Å². The van der Waals surface area contributed by atoms with Crippen molar-refractivity contribution < 1.29 is 14.4 Å². The van der Waals surface area contributed by atoms with Crippen LogP contribution in [0, 0.1) is 6.92 Å². The third-order valence-corrected chi connectivity index (χ3v) is 4.98. The van der Waals surface area contributed by atoms with Crippen molar-refractivity contribution in [1.82, 2.24) is 24.7 Å². The number of amides is 3. The number of carbonyl (C=O) groups is 3. The lowest BCUT2D eigenvalue weighted by Gasteiger charge is -2.38. The van der Waals surface area contributed by atoms with E-state index in [-0.39, 0.29) is 30.8 Å². The molecule has 0 unspecified atom stereocenters. The van der Waals surface area contributed by atoms with E-state index in [0.717, 1.165) is 18.7 Å². The molecule has 0 bridgehead atoms. The SMILES string of the molecule is Cc1cnc(CN2C(=O)CN(CCCN3CCCC3=O)C(=O)[C@@H]2C)cn1. The van der Waals surface area contributed by atoms with Crippen LogP contribution in [-0.2, 0) is 20.9 Å². The molecule has 0 spiro atoms. The van der Waals surface area contributed by atoms with E-state index < -0.39 is 6.04 Å². The van der Waals surface area contributed by atoms with Crippen LogP contribution in [0.4, 0.5) is 0 Å². The molecule has 0 aromatic carbocycles. The molecule has 8 nitrogen and oxygen atoms in total. The summed E-state index contributed by atoms with van der Waals surface area (Å²) in [6, 6.07) is -0.521. The topological polar surface area (TPSA) is 86.7 Å². The molecular weight excluding hydrogens is 334 g/mol. The van der Waals surface area contributed by atoms with E-state index in [9.17, 15) is 14.4 Å². The molecule has 26 heavy (non-hydrogen) atoms. The molecule has 3 rings (SSSR count). The molecule has 0 saturated carbocycles. The van der Waals surface area contributed by atoms with Gasteiger partial charge in [0.15, 0.2) is 0 Å². The van der Waals surface area contributed by atoms with Gasteiger partial charge in [-0.1, -0.05) is 0 Å². The Labute approximate surface area is 153 Å². The average Bonchev–Trinajstić information content (AvgIpc) is 3.03. The van der Waals surface area contributed by atoms with Crippen LogP contribution in [0.3, 0.4) is 0 Å². The lowest BCUT2D eigenvalue weighted by molar-refractivity contribution is -0.155. The quantitative estimate of drug-likeness (QED) is 0.732. The fraction of sp³-hybridized carbons (Fsp3) is 0.611. The third kappa shape index (κ3) is 4.00. The van der Waals surface area contributed by atoms with Crippen molar-refractivity contribution in [2.45, 2.75) is 45.7 Å². The number of piperazine rings is 1. The van der Waals surface area contributed by atoms with Crippen LogP contribution in [0.1, 0.15) is 37.6 Å². The zero-order chi connectivity index (χ0) is 18.7. The first-order valence-electron chi connectivity index (χ1n) is 9.09. The van der Waals surface area contributed by atoms with E-state index >= 15 is 0 Å². The van der Waals surface area contributed by atoms with Crippen molar-refractivity contribution in [3.63, 3.8) is 0 Å². The fourth-order valence-electron chi connectivity index (χ4n) is 3.43. The number of rotatable bonds is 6. The summed E-state index contributed by atoms with van der Waals surface area (Å²) in [7, 11) is 0. The molecular formula is C18H25N5O3. The Bertz CT molecular complexity index is 691. The van der Waals surface area contributed by atoms with Crippen molar-refractivity contribution in [2.24, 2.45) is 0 Å². The second kappa shape index (κ2) is 7.80. The lowest BCUT2D eigenvalue weighted by Crippen LogP contribution is -2.58. The van der Waals surface area contributed by atoms with Gasteiger partial charge in [0.25, 0.3) is 0 Å². The van der Waals surface area contributed by atoms with Crippen molar-refractivity contribution >= 4 is 17.7 Å². The Morgan fingerprint density at radius 2 is 1.85 bits per heavy atom. The zero-order valence-electron chi connectivity index (χ0n) is 15.3. The summed E-state index contributed by atoms with van der Waals surface area (Å²) in [6.07, 6.45) is 5.52. The van der Waals surface area contributed by atoms with Gasteiger partial charge in [0.05, 0.1) is 30.7 Å². The average molecular weight is 359 g/mol. The molecule has 2 aliphatic heterocycles. The zero-order valence-corrected chi connectivity index (χ0v) is 15.3. The molecule has 2 aliphatic rings. The summed E-state index contributed by atoms with van der Waals surface area (Å²) in [5.74, 6) is 0.0407. The number of carbonyl (C=O) groups excluding carboxylic acids is 3. The highest BCUT2D eigenvalue weighted by molar-refractivity contribution is 5.94. The standard InChI is InChI=1S/C18H25N5O3/c1-13-9-20-15(10-19-13)11-23-14(2)18(26)22(12-17(23)25)8-4-7-21-6-3-5-16(21)24/h9-10,14H,3-8,11-12H2,1-2H3/t14-/m0/s1. The summed E-state index contributed by atoms with van der Waals surface area (Å²) < 4.78 is 0. The number of aryl methyl sites for hydroxylation is 1. The monoisotopic (exact) mass is 359 g/mol. The molecule has 8 heteroatoms. The minimum absolute atomic E-state index is 0.0579. The van der Waals surface area contributed by atoms with Crippen molar-refractivity contribution in [2.75, 3.05) is 26.2 Å². The van der Waals surface area contributed by atoms with Crippen molar-refractivity contribution in [1.29, 1.82) is 0 Å². The van der Waals surface area contributed by atoms with Crippen LogP contribution in [0.15, 0.2) is 12.4 Å². The highest BCUT2D eigenvalue weighted by Gasteiger charge is 2.36. The Hall–Kier alpha value is -2.51. The van der Waals surface area contributed by atoms with Gasteiger partial charge in [0.1, 0.15) is 6.04 Å². The predicted molar refractivity (Wildman–Crippen MR) is 93.8 cm³/mol. The van der Waals surface area contributed by atoms with Gasteiger partial charge in [0, 0.05) is 32.3 Å². The summed E-state index contributed by atoms with van der Waals surface area (Å²) >= 11 is 0. The van der Waals surface area contributed by atoms with Crippen LogP contribution < -0.4 is 0 Å². The van der Waals surface area contributed by atoms with Gasteiger partial charge < -0.3 is 14.7 Å². The number of hydrogen-bond acceptors (Lipinski definition) is 5. The molecule has 2 fully saturated rings. The maximum Gasteiger partial charge on any atom is 0.245 e. The fourth-order valence-corrected chi connectivity index (χ4v) is 3.43. The van der Waals surface area contributed by atoms with E-state index in [0.29, 0.717) is 31.6 Å². The molecule has 140 valence electrons. The summed E-state index contributed by atoms with van der Waals surface area (Å²) in [5, 5.41) is 0. The van der Waals surface area contributed by atoms with E-state index in [2.05, 4.69) is 9.97 Å². The molecule has 0 aliphatic carbocycles. The normalized spacial score (nSPS) is 21.1. The highest BCUT2D eigenvalue weighted by Crippen LogP contribution is 2.16. The van der Waals surface area contributed by atoms with Crippen LogP contribution in [-0.4, -0.2) is 74.6 Å². The first-order chi connectivity index (χ1) is 12.5. The Kier molecular flexibility index (Phi) is 5.49. The molecule has 1 aromatic heterocycles. The second-order valence-corrected chi connectivity index (χ2v) is 6.94. The van der Waals surface area contributed by atoms with Gasteiger partial charge in [-0.25, -0.2) is 0 Å². The molecule has 1 aromatic rings. The van der Waals surface area contributed by atoms with Crippen LogP contribution >= 0.6 is 0 Å². The Morgan fingerprint density at radius 1 is 1.08 bits per heavy atom. The number of nitrogens with zero attached hydrogens (tertiary/aromatic N) is 5. The number of likely N-dealkylation sites (tertiary alicyclic amines) is 1. The van der Waals surface area contributed by atoms with Crippen LogP contribution in [0.2, 0.25) is 0 Å². The molecule has 1 atom stereocenters. The van der Waals surface area contributed by atoms with Gasteiger partial charge in [0.2, 0.25) is 17.7 Å². The maximum atomic E-state index is 12.6. The van der Waals surface area contributed by atoms with Gasteiger partial charge in [-0.05, 0) is 26.7 Å². The van der Waals surface area contributed by atoms with Crippen LogP contribution in [0.25, 0.3) is 0 Å². The smallest absolute Gasteiger partial charge is 0.245 e. The summed E-state index contributed by atoms with van der Waals surface area (Å²) in [4.78, 5) is 50.2. The second-order valence-electron chi connectivity index (χ2n) is 6.94. The van der Waals surface area contributed by atoms with Crippen LogP contribution in [0.5, 0.6) is 0 Å². The molecule has 3 heterocycles. The lowest BCUT2D eigenvalue weighted by atomic mass is 10.1. The largest absolute Gasteiger partial charge is 0.343 e. The van der Waals surface area contributed by atoms with Gasteiger partial charge in [-0.3, -0.25) is 24.4 Å². The summed E-state index contributed by atoms with van der Waals surface area (Å²) in [5.41, 5.74) is 1.48. The van der Waals surface area contributed by atoms with E-state index in [1.54, 1.807) is 29.1 Å². The first-order valence-corrected chi connectivity index (χ1v) is 9.09. The minimum atomic E-state index is -0.521. The van der Waals surface area contributed by atoms with E-state index in [1.165, 1.54) is 0 Å². The molecule has 0 radical (unpaired) electrons.